The number of piperazine rings is 1. The van der Waals surface area contributed by atoms with Crippen molar-refractivity contribution in [3.63, 3.8) is 0 Å². The molecule has 3 heterocycles. The van der Waals surface area contributed by atoms with Gasteiger partial charge in [0, 0.05) is 44.3 Å². The molecule has 10 heteroatoms. The molecule has 0 radical (unpaired) electrons. The van der Waals surface area contributed by atoms with E-state index in [2.05, 4.69) is 6.92 Å². The Balaban J connectivity index is 1.71. The zero-order valence-electron chi connectivity index (χ0n) is 16.1. The summed E-state index contributed by atoms with van der Waals surface area (Å²) in [7, 11) is -2.18. The number of nitrogens with zero attached hydrogens (tertiary/aromatic N) is 3. The van der Waals surface area contributed by atoms with Crippen LogP contribution in [0.15, 0.2) is 23.2 Å². The summed E-state index contributed by atoms with van der Waals surface area (Å²) in [6.07, 6.45) is 2.27. The Morgan fingerprint density at radius 3 is 2.32 bits per heavy atom. The molecule has 2 aromatic rings. The molecule has 0 aliphatic carbocycles. The number of primary amides is 1. The first-order valence-corrected chi connectivity index (χ1v) is 11.3. The van der Waals surface area contributed by atoms with E-state index in [1.54, 1.807) is 11.9 Å². The predicted octanol–water partition coefficient (Wildman–Crippen LogP) is 1.20. The van der Waals surface area contributed by atoms with Gasteiger partial charge in [-0.1, -0.05) is 6.92 Å². The van der Waals surface area contributed by atoms with Crippen molar-refractivity contribution in [2.75, 3.05) is 26.2 Å². The van der Waals surface area contributed by atoms with E-state index in [9.17, 15) is 18.0 Å². The fraction of sp³-hybridized carbons (Fsp3) is 0.444. The van der Waals surface area contributed by atoms with Crippen LogP contribution < -0.4 is 5.73 Å². The molecule has 152 valence electrons. The second kappa shape index (κ2) is 7.69. The van der Waals surface area contributed by atoms with E-state index in [4.69, 9.17) is 5.73 Å². The molecule has 2 N–H and O–H groups in total. The van der Waals surface area contributed by atoms with Gasteiger partial charge in [0.15, 0.2) is 0 Å². The third-order valence-corrected chi connectivity index (χ3v) is 8.18. The van der Waals surface area contributed by atoms with Gasteiger partial charge in [-0.25, -0.2) is 8.42 Å². The first-order chi connectivity index (χ1) is 13.1. The van der Waals surface area contributed by atoms with E-state index in [1.165, 1.54) is 37.3 Å². The number of carbonyl (C=O) groups excluding carboxylic acids is 2. The van der Waals surface area contributed by atoms with Crippen molar-refractivity contribution in [3.8, 4) is 0 Å². The molecule has 1 fully saturated rings. The Kier molecular flexibility index (Phi) is 5.64. The van der Waals surface area contributed by atoms with Gasteiger partial charge in [0.2, 0.25) is 10.0 Å². The highest BCUT2D eigenvalue weighted by Gasteiger charge is 2.32. The van der Waals surface area contributed by atoms with Gasteiger partial charge in [-0.05, 0) is 31.0 Å². The first-order valence-electron chi connectivity index (χ1n) is 9.00. The monoisotopic (exact) mass is 424 g/mol. The first kappa shape index (κ1) is 20.6. The van der Waals surface area contributed by atoms with Gasteiger partial charge in [-0.15, -0.1) is 11.3 Å². The Labute approximate surface area is 168 Å². The number of carbonyl (C=O) groups is 2. The summed E-state index contributed by atoms with van der Waals surface area (Å²) in [6.45, 7) is 5.12. The second-order valence-corrected chi connectivity index (χ2v) is 9.88. The lowest BCUT2D eigenvalue weighted by atomic mass is 10.2. The minimum atomic E-state index is -3.75. The second-order valence-electron chi connectivity index (χ2n) is 6.80. The highest BCUT2D eigenvalue weighted by Crippen LogP contribution is 2.25. The maximum atomic E-state index is 12.9. The molecular formula is C18H24N4O4S2. The van der Waals surface area contributed by atoms with Gasteiger partial charge >= 0.3 is 0 Å². The summed E-state index contributed by atoms with van der Waals surface area (Å²) in [5.74, 6) is -0.738. The van der Waals surface area contributed by atoms with Crippen LogP contribution in [-0.2, 0) is 23.5 Å². The number of aromatic nitrogens is 1. The molecule has 1 aliphatic heterocycles. The van der Waals surface area contributed by atoms with Gasteiger partial charge in [0.25, 0.3) is 11.8 Å². The molecule has 0 bridgehead atoms. The van der Waals surface area contributed by atoms with Crippen molar-refractivity contribution < 1.29 is 18.0 Å². The average molecular weight is 425 g/mol. The minimum absolute atomic E-state index is 0.0324. The number of rotatable bonds is 5. The molecule has 0 saturated carbocycles. The average Bonchev–Trinajstić information content (AvgIpc) is 3.24. The Hall–Kier alpha value is -2.17. The van der Waals surface area contributed by atoms with Crippen LogP contribution in [-0.4, -0.2) is 60.2 Å². The van der Waals surface area contributed by atoms with Crippen LogP contribution in [0.3, 0.4) is 0 Å². The Bertz CT molecular complexity index is 1010. The van der Waals surface area contributed by atoms with E-state index in [0.29, 0.717) is 18.0 Å². The van der Waals surface area contributed by atoms with Crippen molar-refractivity contribution in [2.45, 2.75) is 25.2 Å². The zero-order valence-corrected chi connectivity index (χ0v) is 17.8. The number of amides is 2. The van der Waals surface area contributed by atoms with Crippen LogP contribution in [0, 0.1) is 6.92 Å². The fourth-order valence-corrected chi connectivity index (χ4v) is 5.91. The van der Waals surface area contributed by atoms with E-state index in [1.807, 2.05) is 13.0 Å². The van der Waals surface area contributed by atoms with Crippen LogP contribution in [0.25, 0.3) is 0 Å². The topological polar surface area (TPSA) is 106 Å². The normalized spacial score (nSPS) is 15.8. The lowest BCUT2D eigenvalue weighted by Gasteiger charge is -2.33. The van der Waals surface area contributed by atoms with Crippen LogP contribution in [0.2, 0.25) is 0 Å². The Morgan fingerprint density at radius 1 is 1.18 bits per heavy atom. The highest BCUT2D eigenvalue weighted by molar-refractivity contribution is 7.89. The summed E-state index contributed by atoms with van der Waals surface area (Å²) in [6, 6.07) is 3.19. The van der Waals surface area contributed by atoms with E-state index in [-0.39, 0.29) is 29.6 Å². The number of aryl methyl sites for hydroxylation is 3. The van der Waals surface area contributed by atoms with Crippen molar-refractivity contribution in [1.82, 2.24) is 13.8 Å². The van der Waals surface area contributed by atoms with E-state index < -0.39 is 15.9 Å². The summed E-state index contributed by atoms with van der Waals surface area (Å²) in [5.41, 5.74) is 6.52. The number of sulfonamides is 1. The molecule has 3 rings (SSSR count). The molecular weight excluding hydrogens is 400 g/mol. The fourth-order valence-electron chi connectivity index (χ4n) is 3.33. The lowest BCUT2D eigenvalue weighted by molar-refractivity contribution is 0.0702. The molecule has 1 saturated heterocycles. The third kappa shape index (κ3) is 3.71. The van der Waals surface area contributed by atoms with Crippen LogP contribution >= 0.6 is 11.3 Å². The third-order valence-electron chi connectivity index (χ3n) is 4.95. The number of nitrogens with two attached hydrogens (primary N) is 1. The maximum absolute atomic E-state index is 12.9. The maximum Gasteiger partial charge on any atom is 0.265 e. The standard InChI is InChI=1S/C18H24N4O4S2/c1-4-15-12(2)9-16(27-15)18(24)21-5-7-22(8-6-21)28(25,26)13-10-14(17(19)23)20(3)11-13/h9-11H,4-8H2,1-3H3,(H2,19,23). The molecule has 0 unspecified atom stereocenters. The van der Waals surface area contributed by atoms with E-state index in [0.717, 1.165) is 12.0 Å². The van der Waals surface area contributed by atoms with Crippen LogP contribution in [0.1, 0.15) is 37.5 Å². The summed E-state index contributed by atoms with van der Waals surface area (Å²) >= 11 is 1.50. The number of hydrogen-bond acceptors (Lipinski definition) is 5. The van der Waals surface area contributed by atoms with Crippen molar-refractivity contribution in [3.05, 3.63) is 39.3 Å². The lowest BCUT2D eigenvalue weighted by Crippen LogP contribution is -2.50. The van der Waals surface area contributed by atoms with Crippen LogP contribution in [0.5, 0.6) is 0 Å². The molecule has 2 aromatic heterocycles. The van der Waals surface area contributed by atoms with Gasteiger partial charge in [-0.3, -0.25) is 9.59 Å². The summed E-state index contributed by atoms with van der Waals surface area (Å²) in [5, 5.41) is 0. The smallest absolute Gasteiger partial charge is 0.265 e. The van der Waals surface area contributed by atoms with E-state index >= 15 is 0 Å². The molecule has 8 nitrogen and oxygen atoms in total. The molecule has 28 heavy (non-hydrogen) atoms. The van der Waals surface area contributed by atoms with Gasteiger partial charge in [0.05, 0.1) is 4.88 Å². The number of hydrogen-bond donors (Lipinski definition) is 1. The van der Waals surface area contributed by atoms with Gasteiger partial charge in [0.1, 0.15) is 10.6 Å². The zero-order chi connectivity index (χ0) is 20.6. The Morgan fingerprint density at radius 2 is 1.82 bits per heavy atom. The molecule has 2 amide bonds. The van der Waals surface area contributed by atoms with Gasteiger partial charge < -0.3 is 15.2 Å². The quantitative estimate of drug-likeness (QED) is 0.778. The summed E-state index contributed by atoms with van der Waals surface area (Å²) < 4.78 is 28.5. The van der Waals surface area contributed by atoms with Crippen molar-refractivity contribution in [2.24, 2.45) is 12.8 Å². The molecule has 0 aromatic carbocycles. The molecule has 1 aliphatic rings. The SMILES string of the molecule is CCc1sc(C(=O)N2CCN(S(=O)(=O)c3cc(C(N)=O)n(C)c3)CC2)cc1C. The predicted molar refractivity (Wildman–Crippen MR) is 107 cm³/mol. The number of thiophene rings is 1. The molecule has 0 spiro atoms. The van der Waals surface area contributed by atoms with Crippen molar-refractivity contribution >= 4 is 33.2 Å². The highest BCUT2D eigenvalue weighted by atomic mass is 32.2. The van der Waals surface area contributed by atoms with Crippen LogP contribution in [0.4, 0.5) is 0 Å². The van der Waals surface area contributed by atoms with Crippen molar-refractivity contribution in [1.29, 1.82) is 0 Å². The summed E-state index contributed by atoms with van der Waals surface area (Å²) in [4.78, 5) is 27.7. The largest absolute Gasteiger partial charge is 0.364 e. The minimum Gasteiger partial charge on any atom is -0.364 e. The molecule has 0 atom stereocenters. The van der Waals surface area contributed by atoms with Gasteiger partial charge in [-0.2, -0.15) is 4.31 Å².